The minimum Gasteiger partial charge on any atom is -0.393 e. The predicted octanol–water partition coefficient (Wildman–Crippen LogP) is 5.97. The number of Topliss-reactive ketones (excluding diaryl/α,β-unsaturated/α-hetero) is 1. The first-order chi connectivity index (χ1) is 15.0. The van der Waals surface area contributed by atoms with Gasteiger partial charge in [-0.3, -0.25) is 9.48 Å². The van der Waals surface area contributed by atoms with E-state index in [4.69, 9.17) is 12.3 Å². The number of carbonyl (C=O) groups excluding carboxylic acids is 1. The quantitative estimate of drug-likeness (QED) is 0.451. The molecule has 0 bridgehead atoms. The fraction of sp³-hybridized carbons (Fsp3) is 0.440. The van der Waals surface area contributed by atoms with Crippen molar-refractivity contribution in [3.63, 3.8) is 0 Å². The maximum absolute atomic E-state index is 12.7. The second-order valence-corrected chi connectivity index (χ2v) is 10.8. The first kappa shape index (κ1) is 23.7. The average Bonchev–Trinajstić information content (AvgIpc) is 3.20. The van der Waals surface area contributed by atoms with Gasteiger partial charge in [0.1, 0.15) is 22.3 Å². The Labute approximate surface area is 194 Å². The maximum atomic E-state index is 12.7. The highest BCUT2D eigenvalue weighted by atomic mass is 32.1. The number of nitrogens with two attached hydrogens (primary N) is 1. The molecular weight excluding hydrogens is 418 g/mol. The van der Waals surface area contributed by atoms with E-state index in [1.54, 1.807) is 16.0 Å². The fourth-order valence-electron chi connectivity index (χ4n) is 3.59. The zero-order chi connectivity index (χ0) is 23.6. The van der Waals surface area contributed by atoms with Crippen LogP contribution in [0.3, 0.4) is 0 Å². The van der Waals surface area contributed by atoms with Gasteiger partial charge >= 0.3 is 0 Å². The Balaban J connectivity index is 1.71. The van der Waals surface area contributed by atoms with E-state index < -0.39 is 0 Å². The number of nitrogens with zero attached hydrogens (tertiary/aromatic N) is 4. The van der Waals surface area contributed by atoms with Crippen LogP contribution in [0.1, 0.15) is 61.8 Å². The van der Waals surface area contributed by atoms with Gasteiger partial charge < -0.3 is 5.73 Å². The largest absolute Gasteiger partial charge is 0.393 e. The van der Waals surface area contributed by atoms with Crippen LogP contribution in [0.4, 0.5) is 11.5 Å². The van der Waals surface area contributed by atoms with E-state index in [0.29, 0.717) is 30.0 Å². The topological polar surface area (TPSA) is 78.2 Å². The molecule has 0 fully saturated rings. The summed E-state index contributed by atoms with van der Waals surface area (Å²) in [6.45, 7) is 20.1. The summed E-state index contributed by atoms with van der Waals surface area (Å²) in [5, 5.41) is 5.43. The van der Waals surface area contributed by atoms with Crippen LogP contribution in [0.15, 0.2) is 24.3 Å². The van der Waals surface area contributed by atoms with Crippen molar-refractivity contribution in [1.29, 1.82) is 0 Å². The number of thiazole rings is 1. The summed E-state index contributed by atoms with van der Waals surface area (Å²) in [6, 6.07) is 7.71. The first-order valence-corrected chi connectivity index (χ1v) is 11.6. The van der Waals surface area contributed by atoms with Crippen LogP contribution in [0.2, 0.25) is 0 Å². The minimum atomic E-state index is 0.0690. The van der Waals surface area contributed by atoms with Gasteiger partial charge in [0.25, 0.3) is 5.69 Å². The summed E-state index contributed by atoms with van der Waals surface area (Å²) in [5.41, 5.74) is 10.0. The van der Waals surface area contributed by atoms with Crippen molar-refractivity contribution < 1.29 is 4.79 Å². The Kier molecular flexibility index (Phi) is 6.85. The zero-order valence-corrected chi connectivity index (χ0v) is 20.5. The second kappa shape index (κ2) is 9.25. The molecule has 0 saturated heterocycles. The van der Waals surface area contributed by atoms with Gasteiger partial charge in [0.05, 0.1) is 18.7 Å². The molecule has 0 aliphatic rings. The highest BCUT2D eigenvalue weighted by Crippen LogP contribution is 2.36. The number of anilines is 1. The van der Waals surface area contributed by atoms with E-state index in [0.717, 1.165) is 28.2 Å². The molecule has 0 aliphatic heterocycles. The molecule has 0 radical (unpaired) electrons. The van der Waals surface area contributed by atoms with Gasteiger partial charge in [-0.1, -0.05) is 45.0 Å². The molecule has 7 heteroatoms. The molecule has 0 spiro atoms. The van der Waals surface area contributed by atoms with E-state index in [1.165, 1.54) is 4.88 Å². The van der Waals surface area contributed by atoms with Gasteiger partial charge in [0.15, 0.2) is 0 Å². The van der Waals surface area contributed by atoms with Gasteiger partial charge in [-0.05, 0) is 43.7 Å². The third-order valence-electron chi connectivity index (χ3n) is 5.13. The minimum absolute atomic E-state index is 0.0690. The second-order valence-electron chi connectivity index (χ2n) is 9.68. The summed E-state index contributed by atoms with van der Waals surface area (Å²) in [4.78, 5) is 22.1. The number of ketones is 1. The van der Waals surface area contributed by atoms with Gasteiger partial charge in [0.2, 0.25) is 0 Å². The van der Waals surface area contributed by atoms with E-state index >= 15 is 0 Å². The highest BCUT2D eigenvalue weighted by Gasteiger charge is 2.20. The number of aryl methyl sites for hydroxylation is 1. The van der Waals surface area contributed by atoms with E-state index in [2.05, 4.69) is 35.7 Å². The standard InChI is InChI=1S/C25H31N5OS/c1-15(2)30-24(26)23(27-7)22(29-30)18-10-8-17(9-11-18)12-19(31)13-21-28-16(3)20(32-21)14-25(4,5)6/h8-11,15H,12-14,26H2,1-6H3. The summed E-state index contributed by atoms with van der Waals surface area (Å²) in [6.07, 6.45) is 1.68. The lowest BCUT2D eigenvalue weighted by atomic mass is 9.91. The van der Waals surface area contributed by atoms with Crippen molar-refractivity contribution in [2.24, 2.45) is 5.41 Å². The highest BCUT2D eigenvalue weighted by molar-refractivity contribution is 7.11. The van der Waals surface area contributed by atoms with E-state index in [-0.39, 0.29) is 17.2 Å². The van der Waals surface area contributed by atoms with Crippen LogP contribution in [-0.4, -0.2) is 20.5 Å². The third-order valence-corrected chi connectivity index (χ3v) is 6.28. The van der Waals surface area contributed by atoms with Crippen LogP contribution < -0.4 is 5.73 Å². The molecule has 0 saturated carbocycles. The molecule has 2 aromatic heterocycles. The molecule has 168 valence electrons. The summed E-state index contributed by atoms with van der Waals surface area (Å²) >= 11 is 1.65. The molecular formula is C25H31N5OS. The van der Waals surface area contributed by atoms with Crippen molar-refractivity contribution in [3.8, 4) is 11.3 Å². The molecule has 0 unspecified atom stereocenters. The number of rotatable bonds is 7. The Morgan fingerprint density at radius 2 is 1.88 bits per heavy atom. The van der Waals surface area contributed by atoms with E-state index in [9.17, 15) is 4.79 Å². The maximum Gasteiger partial charge on any atom is 0.254 e. The fourth-order valence-corrected chi connectivity index (χ4v) is 4.98. The van der Waals surface area contributed by atoms with Crippen LogP contribution in [0, 0.1) is 18.9 Å². The summed E-state index contributed by atoms with van der Waals surface area (Å²) < 4.78 is 1.67. The lowest BCUT2D eigenvalue weighted by Crippen LogP contribution is -2.08. The molecule has 1 aromatic carbocycles. The van der Waals surface area contributed by atoms with E-state index in [1.807, 2.05) is 45.0 Å². The van der Waals surface area contributed by atoms with Crippen LogP contribution in [-0.2, 0) is 24.1 Å². The van der Waals surface area contributed by atoms with Gasteiger partial charge in [0, 0.05) is 17.3 Å². The lowest BCUT2D eigenvalue weighted by Gasteiger charge is -2.16. The van der Waals surface area contributed by atoms with Gasteiger partial charge in [-0.25, -0.2) is 9.83 Å². The molecule has 0 amide bonds. The number of aromatic nitrogens is 3. The van der Waals surface area contributed by atoms with Crippen LogP contribution >= 0.6 is 11.3 Å². The molecule has 2 N–H and O–H groups in total. The monoisotopic (exact) mass is 449 g/mol. The summed E-state index contributed by atoms with van der Waals surface area (Å²) in [5.74, 6) is 0.526. The first-order valence-electron chi connectivity index (χ1n) is 10.8. The third kappa shape index (κ3) is 5.43. The smallest absolute Gasteiger partial charge is 0.254 e. The SMILES string of the molecule is [C-]#[N+]c1c(-c2ccc(CC(=O)Cc3nc(C)c(CC(C)(C)C)s3)cc2)nn(C(C)C)c1N. The Morgan fingerprint density at radius 1 is 1.22 bits per heavy atom. The van der Waals surface area contributed by atoms with Crippen molar-refractivity contribution >= 4 is 28.6 Å². The molecule has 3 aromatic rings. The zero-order valence-electron chi connectivity index (χ0n) is 19.7. The summed E-state index contributed by atoms with van der Waals surface area (Å²) in [7, 11) is 0. The predicted molar refractivity (Wildman–Crippen MR) is 131 cm³/mol. The Hall–Kier alpha value is -2.98. The van der Waals surface area contributed by atoms with Crippen molar-refractivity contribution in [3.05, 3.63) is 56.8 Å². The lowest BCUT2D eigenvalue weighted by molar-refractivity contribution is -0.117. The number of hydrogen-bond donors (Lipinski definition) is 1. The molecule has 3 rings (SSSR count). The normalized spacial score (nSPS) is 11.7. The number of benzene rings is 1. The van der Waals surface area contributed by atoms with Crippen molar-refractivity contribution in [2.75, 3.05) is 5.73 Å². The molecule has 6 nitrogen and oxygen atoms in total. The number of hydrogen-bond acceptors (Lipinski definition) is 5. The molecule has 0 atom stereocenters. The molecule has 32 heavy (non-hydrogen) atoms. The van der Waals surface area contributed by atoms with Crippen LogP contribution in [0.5, 0.6) is 0 Å². The Morgan fingerprint density at radius 3 is 2.44 bits per heavy atom. The molecule has 2 heterocycles. The van der Waals surface area contributed by atoms with Gasteiger partial charge in [-0.2, -0.15) is 5.10 Å². The van der Waals surface area contributed by atoms with Crippen molar-refractivity contribution in [2.45, 2.75) is 66.8 Å². The molecule has 0 aliphatic carbocycles. The van der Waals surface area contributed by atoms with Crippen molar-refractivity contribution in [1.82, 2.24) is 14.8 Å². The number of carbonyl (C=O) groups is 1. The average molecular weight is 450 g/mol. The van der Waals surface area contributed by atoms with Gasteiger partial charge in [-0.15, -0.1) is 11.3 Å². The number of nitrogen functional groups attached to an aromatic ring is 1. The Bertz CT molecular complexity index is 1160. The van der Waals surface area contributed by atoms with Crippen LogP contribution in [0.25, 0.3) is 16.1 Å².